The van der Waals surface area contributed by atoms with Crippen molar-refractivity contribution in [2.75, 3.05) is 11.4 Å². The molecule has 0 aromatic carbocycles. The molecule has 5 heteroatoms. The number of piperidine rings is 1. The Kier molecular flexibility index (Phi) is 3.28. The van der Waals surface area contributed by atoms with E-state index in [9.17, 15) is 4.79 Å². The lowest BCUT2D eigenvalue weighted by atomic mass is 9.89. The standard InChI is InChI=1S/C12H17N4O/c1-8-6-10(13)11(12(14)17)16(7-8)9-2-4-15-5-3-9/h2,4-5,8,10-11H,6-7,13H2,1H3,(H2,14,17). The molecule has 5 nitrogen and oxygen atoms in total. The van der Waals surface area contributed by atoms with Crippen LogP contribution in [0.2, 0.25) is 0 Å². The highest BCUT2D eigenvalue weighted by molar-refractivity contribution is 5.84. The van der Waals surface area contributed by atoms with Gasteiger partial charge in [0, 0.05) is 36.7 Å². The van der Waals surface area contributed by atoms with Gasteiger partial charge in [0.05, 0.1) is 0 Å². The fourth-order valence-electron chi connectivity index (χ4n) is 2.45. The van der Waals surface area contributed by atoms with Crippen molar-refractivity contribution in [3.8, 4) is 0 Å². The van der Waals surface area contributed by atoms with Crippen LogP contribution in [0.15, 0.2) is 18.5 Å². The molecule has 91 valence electrons. The number of nitrogens with two attached hydrogens (primary N) is 2. The van der Waals surface area contributed by atoms with Gasteiger partial charge in [-0.3, -0.25) is 9.78 Å². The number of nitrogens with zero attached hydrogens (tertiary/aromatic N) is 2. The first-order chi connectivity index (χ1) is 8.09. The third-order valence-corrected chi connectivity index (χ3v) is 3.13. The van der Waals surface area contributed by atoms with Crippen LogP contribution in [0.4, 0.5) is 5.69 Å². The normalized spacial score (nSPS) is 29.1. The van der Waals surface area contributed by atoms with Gasteiger partial charge in [0.15, 0.2) is 0 Å². The molecule has 1 aliphatic heterocycles. The summed E-state index contributed by atoms with van der Waals surface area (Å²) < 4.78 is 0. The Balaban J connectivity index is 2.31. The summed E-state index contributed by atoms with van der Waals surface area (Å²) in [5, 5.41) is 0. The van der Waals surface area contributed by atoms with Gasteiger partial charge < -0.3 is 16.4 Å². The number of hydrogen-bond donors (Lipinski definition) is 2. The van der Waals surface area contributed by atoms with Crippen LogP contribution in [-0.4, -0.2) is 29.5 Å². The molecule has 1 amide bonds. The van der Waals surface area contributed by atoms with Crippen molar-refractivity contribution in [3.05, 3.63) is 24.5 Å². The average Bonchev–Trinajstić information content (AvgIpc) is 2.28. The number of aromatic nitrogens is 1. The lowest BCUT2D eigenvalue weighted by Crippen LogP contribution is -2.60. The van der Waals surface area contributed by atoms with Crippen molar-refractivity contribution in [2.45, 2.75) is 25.4 Å². The van der Waals surface area contributed by atoms with Crippen molar-refractivity contribution >= 4 is 11.6 Å². The Morgan fingerprint density at radius 1 is 1.65 bits per heavy atom. The Morgan fingerprint density at radius 2 is 2.41 bits per heavy atom. The largest absolute Gasteiger partial charge is 0.368 e. The number of carbonyl (C=O) groups is 1. The van der Waals surface area contributed by atoms with E-state index in [1.54, 1.807) is 12.4 Å². The molecule has 4 N–H and O–H groups in total. The number of hydrogen-bond acceptors (Lipinski definition) is 4. The molecule has 2 heterocycles. The molecule has 17 heavy (non-hydrogen) atoms. The number of amides is 1. The van der Waals surface area contributed by atoms with Crippen LogP contribution in [0.3, 0.4) is 0 Å². The molecular weight excluding hydrogens is 216 g/mol. The summed E-state index contributed by atoms with van der Waals surface area (Å²) in [6, 6.07) is 4.16. The maximum Gasteiger partial charge on any atom is 0.241 e. The predicted octanol–water partition coefficient (Wildman–Crippen LogP) is -0.0908. The highest BCUT2D eigenvalue weighted by atomic mass is 16.1. The summed E-state index contributed by atoms with van der Waals surface area (Å²) in [4.78, 5) is 17.4. The molecule has 1 fully saturated rings. The molecule has 1 aromatic rings. The topological polar surface area (TPSA) is 85.2 Å². The van der Waals surface area contributed by atoms with E-state index in [1.807, 2.05) is 11.0 Å². The van der Waals surface area contributed by atoms with E-state index in [0.717, 1.165) is 18.7 Å². The summed E-state index contributed by atoms with van der Waals surface area (Å²) in [6.07, 6.45) is 4.07. The predicted molar refractivity (Wildman–Crippen MR) is 65.2 cm³/mol. The van der Waals surface area contributed by atoms with E-state index in [1.165, 1.54) is 0 Å². The molecule has 1 saturated heterocycles. The van der Waals surface area contributed by atoms with Gasteiger partial charge in [0.1, 0.15) is 6.04 Å². The van der Waals surface area contributed by atoms with Gasteiger partial charge >= 0.3 is 0 Å². The van der Waals surface area contributed by atoms with Crippen molar-refractivity contribution in [3.63, 3.8) is 0 Å². The Hall–Kier alpha value is -1.62. The van der Waals surface area contributed by atoms with Gasteiger partial charge in [-0.1, -0.05) is 6.92 Å². The third-order valence-electron chi connectivity index (χ3n) is 3.13. The number of anilines is 1. The van der Waals surface area contributed by atoms with Gasteiger partial charge in [-0.25, -0.2) is 0 Å². The maximum atomic E-state index is 11.5. The van der Waals surface area contributed by atoms with Gasteiger partial charge in [0.25, 0.3) is 0 Å². The van der Waals surface area contributed by atoms with Crippen LogP contribution in [0.25, 0.3) is 0 Å². The van der Waals surface area contributed by atoms with E-state index in [0.29, 0.717) is 5.92 Å². The van der Waals surface area contributed by atoms with E-state index in [-0.39, 0.29) is 11.9 Å². The van der Waals surface area contributed by atoms with E-state index >= 15 is 0 Å². The summed E-state index contributed by atoms with van der Waals surface area (Å²) in [6.45, 7) is 2.88. The van der Waals surface area contributed by atoms with Gasteiger partial charge in [-0.05, 0) is 18.4 Å². The number of carbonyl (C=O) groups excluding carboxylic acids is 1. The second-order valence-corrected chi connectivity index (χ2v) is 4.63. The molecule has 1 aliphatic rings. The summed E-state index contributed by atoms with van der Waals surface area (Å²) in [5.41, 5.74) is 12.3. The molecule has 1 aromatic heterocycles. The molecule has 0 bridgehead atoms. The Morgan fingerprint density at radius 3 is 3.00 bits per heavy atom. The highest BCUT2D eigenvalue weighted by Gasteiger charge is 2.36. The van der Waals surface area contributed by atoms with Gasteiger partial charge in [0.2, 0.25) is 5.91 Å². The highest BCUT2D eigenvalue weighted by Crippen LogP contribution is 2.26. The van der Waals surface area contributed by atoms with Crippen LogP contribution in [0.5, 0.6) is 0 Å². The monoisotopic (exact) mass is 233 g/mol. The van der Waals surface area contributed by atoms with Crippen molar-refractivity contribution in [2.24, 2.45) is 17.4 Å². The SMILES string of the molecule is CC1CC(N)C(C(N)=O)N(c2[c]cncc2)C1. The maximum absolute atomic E-state index is 11.5. The lowest BCUT2D eigenvalue weighted by Gasteiger charge is -2.42. The minimum absolute atomic E-state index is 0.224. The lowest BCUT2D eigenvalue weighted by molar-refractivity contribution is -0.120. The molecule has 0 spiro atoms. The van der Waals surface area contributed by atoms with Crippen molar-refractivity contribution < 1.29 is 4.79 Å². The second-order valence-electron chi connectivity index (χ2n) is 4.63. The quantitative estimate of drug-likeness (QED) is 0.747. The smallest absolute Gasteiger partial charge is 0.241 e. The van der Waals surface area contributed by atoms with Crippen molar-refractivity contribution in [1.82, 2.24) is 4.98 Å². The molecule has 1 radical (unpaired) electrons. The minimum atomic E-state index is -0.454. The first kappa shape index (κ1) is 11.9. The second kappa shape index (κ2) is 4.71. The third kappa shape index (κ3) is 2.39. The first-order valence-corrected chi connectivity index (χ1v) is 5.73. The van der Waals surface area contributed by atoms with Gasteiger partial charge in [-0.15, -0.1) is 0 Å². The zero-order valence-electron chi connectivity index (χ0n) is 9.84. The number of pyridine rings is 1. The molecule has 2 rings (SSSR count). The fourth-order valence-corrected chi connectivity index (χ4v) is 2.45. The Bertz CT molecular complexity index is 395. The minimum Gasteiger partial charge on any atom is -0.368 e. The molecule has 3 unspecified atom stereocenters. The number of rotatable bonds is 2. The van der Waals surface area contributed by atoms with Crippen LogP contribution in [0, 0.1) is 12.0 Å². The summed E-state index contributed by atoms with van der Waals surface area (Å²) in [5.74, 6) is 0.0526. The van der Waals surface area contributed by atoms with E-state index in [4.69, 9.17) is 11.5 Å². The fraction of sp³-hybridized carbons (Fsp3) is 0.500. The summed E-state index contributed by atoms with van der Waals surface area (Å²) in [7, 11) is 0. The average molecular weight is 233 g/mol. The van der Waals surface area contributed by atoms with Crippen LogP contribution in [-0.2, 0) is 4.79 Å². The summed E-state index contributed by atoms with van der Waals surface area (Å²) >= 11 is 0. The van der Waals surface area contributed by atoms with Crippen LogP contribution < -0.4 is 16.4 Å². The van der Waals surface area contributed by atoms with E-state index < -0.39 is 6.04 Å². The first-order valence-electron chi connectivity index (χ1n) is 5.73. The molecule has 0 saturated carbocycles. The van der Waals surface area contributed by atoms with E-state index in [2.05, 4.69) is 18.0 Å². The number of primary amides is 1. The van der Waals surface area contributed by atoms with Crippen molar-refractivity contribution in [1.29, 1.82) is 0 Å². The zero-order valence-corrected chi connectivity index (χ0v) is 9.84. The Labute approximate surface area is 101 Å². The molecule has 0 aliphatic carbocycles. The molecular formula is C12H17N4O. The van der Waals surface area contributed by atoms with Crippen LogP contribution >= 0.6 is 0 Å². The zero-order chi connectivity index (χ0) is 12.4. The van der Waals surface area contributed by atoms with Crippen LogP contribution in [0.1, 0.15) is 13.3 Å². The van der Waals surface area contributed by atoms with Gasteiger partial charge in [-0.2, -0.15) is 0 Å². The molecule has 3 atom stereocenters.